The van der Waals surface area contributed by atoms with E-state index < -0.39 is 9.84 Å². The van der Waals surface area contributed by atoms with Gasteiger partial charge in [0.1, 0.15) is 0 Å². The van der Waals surface area contributed by atoms with Gasteiger partial charge in [0.2, 0.25) is 0 Å². The normalized spacial score (nSPS) is 24.5. The van der Waals surface area contributed by atoms with Gasteiger partial charge >= 0.3 is 0 Å². The molecule has 1 aromatic rings. The van der Waals surface area contributed by atoms with Crippen molar-refractivity contribution in [3.8, 4) is 0 Å². The van der Waals surface area contributed by atoms with Gasteiger partial charge < -0.3 is 10.3 Å². The summed E-state index contributed by atoms with van der Waals surface area (Å²) in [6.45, 7) is 0.891. The molecule has 1 atom stereocenters. The van der Waals surface area contributed by atoms with Crippen LogP contribution in [0.5, 0.6) is 0 Å². The maximum atomic E-state index is 11.6. The summed E-state index contributed by atoms with van der Waals surface area (Å²) < 4.78 is 25.1. The number of hydrogen-bond donors (Lipinski definition) is 1. The van der Waals surface area contributed by atoms with E-state index in [-0.39, 0.29) is 5.25 Å². The Morgan fingerprint density at radius 3 is 3.00 bits per heavy atom. The molecule has 0 saturated carbocycles. The lowest BCUT2D eigenvalue weighted by Crippen LogP contribution is -2.23. The van der Waals surface area contributed by atoms with Crippen LogP contribution in [0.25, 0.3) is 0 Å². The van der Waals surface area contributed by atoms with Crippen LogP contribution in [-0.2, 0) is 22.9 Å². The zero-order chi connectivity index (χ0) is 10.9. The molecule has 2 N–H and O–H groups in total. The third-order valence-electron chi connectivity index (χ3n) is 2.87. The first-order chi connectivity index (χ1) is 7.13. The van der Waals surface area contributed by atoms with Gasteiger partial charge in [-0.3, -0.25) is 0 Å². The predicted molar refractivity (Wildman–Crippen MR) is 56.9 cm³/mol. The molecular formula is C9H15N3O2S. The Morgan fingerprint density at radius 1 is 1.60 bits per heavy atom. The standard InChI is InChI=1S/C9H15N3O2S/c10-4-8-5-11-7-12(8)6-9-2-1-3-15(9,13)14/h5,7,9H,1-4,6,10H2. The molecule has 1 unspecified atom stereocenters. The minimum absolute atomic E-state index is 0.253. The number of hydrogen-bond acceptors (Lipinski definition) is 4. The molecule has 1 aliphatic rings. The Morgan fingerprint density at radius 2 is 2.40 bits per heavy atom. The van der Waals surface area contributed by atoms with Gasteiger partial charge in [-0.15, -0.1) is 0 Å². The van der Waals surface area contributed by atoms with Crippen LogP contribution in [0, 0.1) is 0 Å². The van der Waals surface area contributed by atoms with Gasteiger partial charge in [0, 0.05) is 19.3 Å². The second-order valence-electron chi connectivity index (χ2n) is 3.87. The predicted octanol–water partition coefficient (Wildman–Crippen LogP) is -0.0810. The Kier molecular flexibility index (Phi) is 2.79. The summed E-state index contributed by atoms with van der Waals surface area (Å²) in [5.74, 6) is 0.324. The van der Waals surface area contributed by atoms with Crippen LogP contribution in [0.2, 0.25) is 0 Å². The molecule has 0 bridgehead atoms. The fraction of sp³-hybridized carbons (Fsp3) is 0.667. The van der Waals surface area contributed by atoms with E-state index >= 15 is 0 Å². The maximum Gasteiger partial charge on any atom is 0.154 e. The van der Waals surface area contributed by atoms with E-state index in [4.69, 9.17) is 5.73 Å². The largest absolute Gasteiger partial charge is 0.332 e. The summed E-state index contributed by atoms with van der Waals surface area (Å²) in [7, 11) is -2.88. The van der Waals surface area contributed by atoms with Crippen molar-refractivity contribution < 1.29 is 8.42 Å². The molecule has 84 valence electrons. The second kappa shape index (κ2) is 3.94. The zero-order valence-electron chi connectivity index (χ0n) is 8.46. The Balaban J connectivity index is 2.16. The molecule has 5 nitrogen and oxygen atoms in total. The number of sulfone groups is 1. The summed E-state index contributed by atoms with van der Waals surface area (Å²) >= 11 is 0. The SMILES string of the molecule is NCc1cncn1CC1CCCS1(=O)=O. The van der Waals surface area contributed by atoms with Crippen molar-refractivity contribution in [2.75, 3.05) is 5.75 Å². The molecule has 0 radical (unpaired) electrons. The Hall–Kier alpha value is -0.880. The minimum Gasteiger partial charge on any atom is -0.332 e. The molecule has 0 spiro atoms. The summed E-state index contributed by atoms with van der Waals surface area (Å²) in [5.41, 5.74) is 6.41. The molecular weight excluding hydrogens is 214 g/mol. The van der Waals surface area contributed by atoms with Gasteiger partial charge in [-0.25, -0.2) is 13.4 Å². The van der Waals surface area contributed by atoms with Crippen LogP contribution < -0.4 is 5.73 Å². The van der Waals surface area contributed by atoms with E-state index in [2.05, 4.69) is 4.98 Å². The van der Waals surface area contributed by atoms with Gasteiger partial charge in [0.15, 0.2) is 9.84 Å². The van der Waals surface area contributed by atoms with Crippen molar-refractivity contribution in [2.45, 2.75) is 31.2 Å². The Labute approximate surface area is 89.2 Å². The average Bonchev–Trinajstić information content (AvgIpc) is 2.74. The fourth-order valence-corrected chi connectivity index (χ4v) is 3.78. The van der Waals surface area contributed by atoms with E-state index in [9.17, 15) is 8.42 Å². The molecule has 0 aliphatic carbocycles. The number of nitrogens with two attached hydrogens (primary N) is 1. The molecule has 1 fully saturated rings. The molecule has 15 heavy (non-hydrogen) atoms. The van der Waals surface area contributed by atoms with Gasteiger partial charge in [-0.1, -0.05) is 0 Å². The van der Waals surface area contributed by atoms with Gasteiger partial charge in [0.25, 0.3) is 0 Å². The lowest BCUT2D eigenvalue weighted by molar-refractivity contribution is 0.559. The molecule has 2 rings (SSSR count). The highest BCUT2D eigenvalue weighted by atomic mass is 32.2. The monoisotopic (exact) mass is 229 g/mol. The second-order valence-corrected chi connectivity index (χ2v) is 6.27. The van der Waals surface area contributed by atoms with E-state index in [0.29, 0.717) is 18.8 Å². The lowest BCUT2D eigenvalue weighted by atomic mass is 10.2. The van der Waals surface area contributed by atoms with E-state index in [1.165, 1.54) is 0 Å². The number of imidazole rings is 1. The highest BCUT2D eigenvalue weighted by Gasteiger charge is 2.31. The van der Waals surface area contributed by atoms with Crippen molar-refractivity contribution in [2.24, 2.45) is 5.73 Å². The third-order valence-corrected chi connectivity index (χ3v) is 5.13. The smallest absolute Gasteiger partial charge is 0.154 e. The molecule has 0 aromatic carbocycles. The zero-order valence-corrected chi connectivity index (χ0v) is 9.28. The highest BCUT2D eigenvalue weighted by Crippen LogP contribution is 2.21. The number of rotatable bonds is 3. The summed E-state index contributed by atoms with van der Waals surface area (Å²) in [6.07, 6.45) is 4.86. The first-order valence-corrected chi connectivity index (χ1v) is 6.75. The molecule has 1 aliphatic heterocycles. The van der Waals surface area contributed by atoms with Crippen molar-refractivity contribution in [3.05, 3.63) is 18.2 Å². The molecule has 2 heterocycles. The first-order valence-electron chi connectivity index (χ1n) is 5.04. The van der Waals surface area contributed by atoms with Crippen LogP contribution >= 0.6 is 0 Å². The van der Waals surface area contributed by atoms with Gasteiger partial charge in [-0.05, 0) is 12.8 Å². The van der Waals surface area contributed by atoms with Crippen LogP contribution in [0.3, 0.4) is 0 Å². The third kappa shape index (κ3) is 2.05. The van der Waals surface area contributed by atoms with Gasteiger partial charge in [-0.2, -0.15) is 0 Å². The van der Waals surface area contributed by atoms with Crippen molar-refractivity contribution in [1.82, 2.24) is 9.55 Å². The van der Waals surface area contributed by atoms with Crippen molar-refractivity contribution >= 4 is 9.84 Å². The first kappa shape index (κ1) is 10.6. The van der Waals surface area contributed by atoms with Crippen LogP contribution in [0.1, 0.15) is 18.5 Å². The minimum atomic E-state index is -2.88. The van der Waals surface area contributed by atoms with Crippen LogP contribution in [0.4, 0.5) is 0 Å². The highest BCUT2D eigenvalue weighted by molar-refractivity contribution is 7.92. The van der Waals surface area contributed by atoms with E-state index in [0.717, 1.165) is 18.5 Å². The number of nitrogens with zero attached hydrogens (tertiary/aromatic N) is 2. The molecule has 1 saturated heterocycles. The van der Waals surface area contributed by atoms with Gasteiger partial charge in [0.05, 0.1) is 23.0 Å². The maximum absolute atomic E-state index is 11.6. The summed E-state index contributed by atoms with van der Waals surface area (Å²) in [5, 5.41) is -0.253. The van der Waals surface area contributed by atoms with E-state index in [1.54, 1.807) is 12.5 Å². The molecule has 0 amide bonds. The van der Waals surface area contributed by atoms with Crippen molar-refractivity contribution in [1.29, 1.82) is 0 Å². The van der Waals surface area contributed by atoms with Crippen molar-refractivity contribution in [3.63, 3.8) is 0 Å². The average molecular weight is 229 g/mol. The number of aromatic nitrogens is 2. The summed E-state index contributed by atoms with van der Waals surface area (Å²) in [4.78, 5) is 3.97. The Bertz CT molecular complexity index is 438. The molecule has 6 heteroatoms. The van der Waals surface area contributed by atoms with Crippen LogP contribution in [0.15, 0.2) is 12.5 Å². The summed E-state index contributed by atoms with van der Waals surface area (Å²) in [6, 6.07) is 0. The quantitative estimate of drug-likeness (QED) is 0.786. The van der Waals surface area contributed by atoms with Crippen LogP contribution in [-0.4, -0.2) is 29.0 Å². The molecule has 1 aromatic heterocycles. The topological polar surface area (TPSA) is 78.0 Å². The lowest BCUT2D eigenvalue weighted by Gasteiger charge is -2.12. The van der Waals surface area contributed by atoms with E-state index in [1.807, 2.05) is 4.57 Å². The fourth-order valence-electron chi connectivity index (χ4n) is 1.97.